The third-order valence-corrected chi connectivity index (χ3v) is 2.12. The van der Waals surface area contributed by atoms with E-state index in [1.807, 2.05) is 12.2 Å². The van der Waals surface area contributed by atoms with E-state index in [1.165, 1.54) is 0 Å². The second kappa shape index (κ2) is 3.18. The summed E-state index contributed by atoms with van der Waals surface area (Å²) in [7, 11) is 0. The minimum absolute atomic E-state index is 0.259. The normalized spacial score (nSPS) is 13.7. The van der Waals surface area contributed by atoms with Crippen LogP contribution in [0.25, 0.3) is 6.08 Å². The standard InChI is InChI=1S/C10H10FNO/c11-9-8(6-13)4-3-7-2-1-5-12-10(7)9/h1-4,12-13H,5-6H2. The van der Waals surface area contributed by atoms with E-state index in [2.05, 4.69) is 5.32 Å². The molecule has 0 saturated carbocycles. The molecule has 1 aliphatic rings. The highest BCUT2D eigenvalue weighted by Crippen LogP contribution is 2.26. The Morgan fingerprint density at radius 1 is 1.46 bits per heavy atom. The summed E-state index contributed by atoms with van der Waals surface area (Å²) in [5.74, 6) is -0.343. The minimum Gasteiger partial charge on any atom is -0.392 e. The summed E-state index contributed by atoms with van der Waals surface area (Å²) < 4.78 is 13.5. The first-order valence-corrected chi connectivity index (χ1v) is 4.15. The number of benzene rings is 1. The van der Waals surface area contributed by atoms with Crippen LogP contribution >= 0.6 is 0 Å². The highest BCUT2D eigenvalue weighted by Gasteiger charge is 2.12. The van der Waals surface area contributed by atoms with Crippen LogP contribution in [0.5, 0.6) is 0 Å². The van der Waals surface area contributed by atoms with Crippen LogP contribution in [0, 0.1) is 5.82 Å². The Labute approximate surface area is 75.7 Å². The molecule has 0 aromatic heterocycles. The van der Waals surface area contributed by atoms with Crippen molar-refractivity contribution >= 4 is 11.8 Å². The van der Waals surface area contributed by atoms with E-state index in [1.54, 1.807) is 12.1 Å². The molecule has 0 radical (unpaired) electrons. The number of aliphatic hydroxyl groups excluding tert-OH is 1. The van der Waals surface area contributed by atoms with Crippen molar-refractivity contribution < 1.29 is 9.50 Å². The van der Waals surface area contributed by atoms with Crippen molar-refractivity contribution in [3.63, 3.8) is 0 Å². The molecule has 0 unspecified atom stereocenters. The number of hydrogen-bond acceptors (Lipinski definition) is 2. The quantitative estimate of drug-likeness (QED) is 0.688. The van der Waals surface area contributed by atoms with Crippen LogP contribution in [0.1, 0.15) is 11.1 Å². The van der Waals surface area contributed by atoms with E-state index < -0.39 is 0 Å². The third-order valence-electron chi connectivity index (χ3n) is 2.12. The summed E-state index contributed by atoms with van der Waals surface area (Å²) in [6.45, 7) is 0.378. The third kappa shape index (κ3) is 1.31. The van der Waals surface area contributed by atoms with Gasteiger partial charge in [-0.05, 0) is 0 Å². The fourth-order valence-corrected chi connectivity index (χ4v) is 1.42. The van der Waals surface area contributed by atoms with E-state index >= 15 is 0 Å². The zero-order chi connectivity index (χ0) is 9.26. The fraction of sp³-hybridized carbons (Fsp3) is 0.200. The van der Waals surface area contributed by atoms with E-state index in [9.17, 15) is 4.39 Å². The van der Waals surface area contributed by atoms with E-state index in [0.29, 0.717) is 17.8 Å². The Balaban J connectivity index is 2.56. The van der Waals surface area contributed by atoms with Crippen molar-refractivity contribution in [2.45, 2.75) is 6.61 Å². The SMILES string of the molecule is OCc1ccc2c(c1F)NCC=C2. The molecule has 0 fully saturated rings. The van der Waals surface area contributed by atoms with Gasteiger partial charge in [-0.3, -0.25) is 0 Å². The second-order valence-electron chi connectivity index (χ2n) is 2.94. The van der Waals surface area contributed by atoms with E-state index in [4.69, 9.17) is 5.11 Å². The van der Waals surface area contributed by atoms with Crippen LogP contribution in [-0.2, 0) is 6.61 Å². The average molecular weight is 179 g/mol. The van der Waals surface area contributed by atoms with Gasteiger partial charge in [0.2, 0.25) is 0 Å². The molecule has 1 aliphatic heterocycles. The molecule has 2 rings (SSSR count). The van der Waals surface area contributed by atoms with E-state index in [-0.39, 0.29) is 12.4 Å². The van der Waals surface area contributed by atoms with Gasteiger partial charge in [0.25, 0.3) is 0 Å². The lowest BCUT2D eigenvalue weighted by Crippen LogP contribution is -2.08. The Bertz CT molecular complexity index is 360. The number of hydrogen-bond donors (Lipinski definition) is 2. The number of nitrogens with one attached hydrogen (secondary N) is 1. The Morgan fingerprint density at radius 2 is 2.31 bits per heavy atom. The minimum atomic E-state index is -0.343. The predicted molar refractivity (Wildman–Crippen MR) is 49.8 cm³/mol. The first-order valence-electron chi connectivity index (χ1n) is 4.15. The van der Waals surface area contributed by atoms with Gasteiger partial charge in [0, 0.05) is 17.7 Å². The van der Waals surface area contributed by atoms with Crippen LogP contribution in [0.15, 0.2) is 18.2 Å². The molecule has 0 spiro atoms. The number of rotatable bonds is 1. The zero-order valence-corrected chi connectivity index (χ0v) is 7.05. The monoisotopic (exact) mass is 179 g/mol. The maximum Gasteiger partial charge on any atom is 0.152 e. The van der Waals surface area contributed by atoms with Crippen molar-refractivity contribution in [2.24, 2.45) is 0 Å². The Morgan fingerprint density at radius 3 is 3.08 bits per heavy atom. The molecule has 2 nitrogen and oxygen atoms in total. The molecular weight excluding hydrogens is 169 g/mol. The number of aliphatic hydroxyl groups is 1. The first-order chi connectivity index (χ1) is 6.33. The molecule has 0 bridgehead atoms. The highest BCUT2D eigenvalue weighted by atomic mass is 19.1. The fourth-order valence-electron chi connectivity index (χ4n) is 1.42. The van der Waals surface area contributed by atoms with Gasteiger partial charge in [0.05, 0.1) is 12.3 Å². The lowest BCUT2D eigenvalue weighted by Gasteiger charge is -2.15. The lowest BCUT2D eigenvalue weighted by atomic mass is 10.1. The van der Waals surface area contributed by atoms with Gasteiger partial charge in [-0.15, -0.1) is 0 Å². The number of halogens is 1. The average Bonchev–Trinajstić information content (AvgIpc) is 2.19. The number of fused-ring (bicyclic) bond motifs is 1. The van der Waals surface area contributed by atoms with Crippen molar-refractivity contribution in [3.8, 4) is 0 Å². The largest absolute Gasteiger partial charge is 0.392 e. The molecular formula is C10H10FNO. The van der Waals surface area contributed by atoms with Gasteiger partial charge in [-0.2, -0.15) is 0 Å². The van der Waals surface area contributed by atoms with Crippen LogP contribution < -0.4 is 5.32 Å². The Hall–Kier alpha value is -1.35. The Kier molecular flexibility index (Phi) is 2.02. The molecule has 0 atom stereocenters. The molecule has 13 heavy (non-hydrogen) atoms. The highest BCUT2D eigenvalue weighted by molar-refractivity contribution is 5.71. The molecule has 0 aliphatic carbocycles. The van der Waals surface area contributed by atoms with Crippen molar-refractivity contribution in [1.29, 1.82) is 0 Å². The van der Waals surface area contributed by atoms with Crippen molar-refractivity contribution in [2.75, 3.05) is 11.9 Å². The van der Waals surface area contributed by atoms with E-state index in [0.717, 1.165) is 5.56 Å². The maximum atomic E-state index is 13.5. The van der Waals surface area contributed by atoms with Crippen molar-refractivity contribution in [1.82, 2.24) is 0 Å². The number of anilines is 1. The predicted octanol–water partition coefficient (Wildman–Crippen LogP) is 1.76. The lowest BCUT2D eigenvalue weighted by molar-refractivity contribution is 0.276. The van der Waals surface area contributed by atoms with Crippen LogP contribution in [-0.4, -0.2) is 11.7 Å². The summed E-state index contributed by atoms with van der Waals surface area (Å²) in [6.07, 6.45) is 3.80. The summed E-state index contributed by atoms with van der Waals surface area (Å²) in [5, 5.41) is 11.8. The molecule has 0 amide bonds. The molecule has 1 aromatic rings. The molecule has 3 heteroatoms. The van der Waals surface area contributed by atoms with Gasteiger partial charge in [0.1, 0.15) is 0 Å². The topological polar surface area (TPSA) is 32.3 Å². The van der Waals surface area contributed by atoms with Gasteiger partial charge >= 0.3 is 0 Å². The molecule has 2 N–H and O–H groups in total. The zero-order valence-electron chi connectivity index (χ0n) is 7.05. The van der Waals surface area contributed by atoms with Crippen LogP contribution in [0.3, 0.4) is 0 Å². The maximum absolute atomic E-state index is 13.5. The molecule has 68 valence electrons. The molecule has 1 aromatic carbocycles. The van der Waals surface area contributed by atoms with Crippen molar-refractivity contribution in [3.05, 3.63) is 35.2 Å². The summed E-state index contributed by atoms with van der Waals surface area (Å²) in [6, 6.07) is 3.40. The van der Waals surface area contributed by atoms with Crippen LogP contribution in [0.2, 0.25) is 0 Å². The summed E-state index contributed by atoms with van der Waals surface area (Å²) >= 11 is 0. The van der Waals surface area contributed by atoms with Gasteiger partial charge in [-0.1, -0.05) is 24.3 Å². The first kappa shape index (κ1) is 8.26. The second-order valence-corrected chi connectivity index (χ2v) is 2.94. The molecule has 0 saturated heterocycles. The summed E-state index contributed by atoms with van der Waals surface area (Å²) in [4.78, 5) is 0. The smallest absolute Gasteiger partial charge is 0.152 e. The van der Waals surface area contributed by atoms with Gasteiger partial charge in [0.15, 0.2) is 5.82 Å². The molecule has 1 heterocycles. The van der Waals surface area contributed by atoms with Gasteiger partial charge in [-0.25, -0.2) is 4.39 Å². The van der Waals surface area contributed by atoms with Crippen LogP contribution in [0.4, 0.5) is 10.1 Å². The summed E-state index contributed by atoms with van der Waals surface area (Å²) in [5.41, 5.74) is 1.66. The van der Waals surface area contributed by atoms with Gasteiger partial charge < -0.3 is 10.4 Å².